The van der Waals surface area contributed by atoms with E-state index in [4.69, 9.17) is 18.0 Å². The van der Waals surface area contributed by atoms with Gasteiger partial charge in [0.1, 0.15) is 4.99 Å². The van der Waals surface area contributed by atoms with Gasteiger partial charge in [-0.1, -0.05) is 36.5 Å². The molecule has 2 N–H and O–H groups in total. The molecule has 0 atom stereocenters. The van der Waals surface area contributed by atoms with Gasteiger partial charge < -0.3 is 10.6 Å². The molecular weight excluding hydrogens is 266 g/mol. The van der Waals surface area contributed by atoms with Gasteiger partial charge in [-0.3, -0.25) is 4.90 Å². The van der Waals surface area contributed by atoms with Crippen molar-refractivity contribution in [1.82, 2.24) is 9.80 Å². The minimum absolute atomic E-state index is 0.473. The third-order valence-corrected chi connectivity index (χ3v) is 4.21. The average Bonchev–Trinajstić information content (AvgIpc) is 2.41. The van der Waals surface area contributed by atoms with Crippen molar-refractivity contribution in [3.63, 3.8) is 0 Å². The normalized spacial score (nSPS) is 17.6. The number of thiocarbonyl (C=S) groups is 1. The van der Waals surface area contributed by atoms with Crippen molar-refractivity contribution >= 4 is 17.2 Å². The summed E-state index contributed by atoms with van der Waals surface area (Å²) in [4.78, 5) is 5.32. The van der Waals surface area contributed by atoms with Crippen LogP contribution in [0.2, 0.25) is 0 Å². The maximum absolute atomic E-state index is 5.62. The van der Waals surface area contributed by atoms with Crippen molar-refractivity contribution in [1.29, 1.82) is 0 Å². The van der Waals surface area contributed by atoms with Gasteiger partial charge in [0.2, 0.25) is 0 Å². The summed E-state index contributed by atoms with van der Waals surface area (Å²) in [6.07, 6.45) is 2.62. The first-order valence-electron chi connectivity index (χ1n) is 7.30. The highest BCUT2D eigenvalue weighted by Crippen LogP contribution is 2.19. The van der Waals surface area contributed by atoms with Gasteiger partial charge in [0.25, 0.3) is 0 Å². The molecule has 4 heteroatoms. The molecule has 0 amide bonds. The molecule has 0 spiro atoms. The quantitative estimate of drug-likeness (QED) is 0.842. The van der Waals surface area contributed by atoms with Crippen LogP contribution in [-0.4, -0.2) is 48.5 Å². The molecule has 1 saturated heterocycles. The molecule has 20 heavy (non-hydrogen) atoms. The van der Waals surface area contributed by atoms with E-state index in [0.717, 1.165) is 18.0 Å². The fourth-order valence-corrected chi connectivity index (χ4v) is 3.01. The van der Waals surface area contributed by atoms with Gasteiger partial charge in [-0.2, -0.15) is 0 Å². The number of likely N-dealkylation sites (tertiary alicyclic amines) is 1. The van der Waals surface area contributed by atoms with Crippen LogP contribution < -0.4 is 5.73 Å². The molecular formula is C16H25N3S. The van der Waals surface area contributed by atoms with Crippen molar-refractivity contribution in [3.8, 4) is 0 Å². The summed E-state index contributed by atoms with van der Waals surface area (Å²) in [7, 11) is 4.33. The maximum atomic E-state index is 5.62. The highest BCUT2D eigenvalue weighted by molar-refractivity contribution is 7.80. The smallest absolute Gasteiger partial charge is 0.103 e. The topological polar surface area (TPSA) is 32.5 Å². The first kappa shape index (κ1) is 15.4. The second-order valence-electron chi connectivity index (χ2n) is 6.04. The summed E-state index contributed by atoms with van der Waals surface area (Å²) in [6.45, 7) is 4.66. The van der Waals surface area contributed by atoms with Gasteiger partial charge in [0.05, 0.1) is 0 Å². The third-order valence-electron chi connectivity index (χ3n) is 3.98. The van der Waals surface area contributed by atoms with Crippen LogP contribution in [0.3, 0.4) is 0 Å². The summed E-state index contributed by atoms with van der Waals surface area (Å²) in [6, 6.07) is 8.33. The lowest BCUT2D eigenvalue weighted by atomic mass is 9.96. The minimum atomic E-state index is 0.473. The molecule has 0 aromatic heterocycles. The lowest BCUT2D eigenvalue weighted by molar-refractivity contribution is 0.157. The Kier molecular flexibility index (Phi) is 5.52. The van der Waals surface area contributed by atoms with Crippen LogP contribution in [-0.2, 0) is 6.54 Å². The third kappa shape index (κ3) is 4.54. The molecule has 3 nitrogen and oxygen atoms in total. The predicted octanol–water partition coefficient (Wildman–Crippen LogP) is 2.09. The van der Waals surface area contributed by atoms with E-state index in [9.17, 15) is 0 Å². The molecule has 2 rings (SSSR count). The second-order valence-corrected chi connectivity index (χ2v) is 6.48. The Labute approximate surface area is 127 Å². The molecule has 1 aromatic carbocycles. The van der Waals surface area contributed by atoms with Crippen LogP contribution in [0.1, 0.15) is 24.0 Å². The molecule has 1 aromatic rings. The Morgan fingerprint density at radius 1 is 1.25 bits per heavy atom. The Morgan fingerprint density at radius 2 is 1.85 bits per heavy atom. The largest absolute Gasteiger partial charge is 0.389 e. The Bertz CT molecular complexity index is 434. The second kappa shape index (κ2) is 7.16. The van der Waals surface area contributed by atoms with Crippen molar-refractivity contribution in [2.24, 2.45) is 11.7 Å². The van der Waals surface area contributed by atoms with E-state index in [1.54, 1.807) is 0 Å². The lowest BCUT2D eigenvalue weighted by Crippen LogP contribution is -2.36. The summed E-state index contributed by atoms with van der Waals surface area (Å²) < 4.78 is 0. The molecule has 0 bridgehead atoms. The Hall–Kier alpha value is -0.970. The van der Waals surface area contributed by atoms with Crippen LogP contribution in [0.4, 0.5) is 0 Å². The number of rotatable bonds is 5. The van der Waals surface area contributed by atoms with Crippen LogP contribution >= 0.6 is 12.2 Å². The Balaban J connectivity index is 1.81. The summed E-state index contributed by atoms with van der Waals surface area (Å²) >= 11 is 4.98. The lowest BCUT2D eigenvalue weighted by Gasteiger charge is -2.33. The van der Waals surface area contributed by atoms with Gasteiger partial charge in [-0.15, -0.1) is 0 Å². The van der Waals surface area contributed by atoms with E-state index in [-0.39, 0.29) is 0 Å². The fourth-order valence-electron chi connectivity index (χ4n) is 2.88. The zero-order valence-electron chi connectivity index (χ0n) is 12.5. The number of benzene rings is 1. The predicted molar refractivity (Wildman–Crippen MR) is 88.9 cm³/mol. The van der Waals surface area contributed by atoms with E-state index >= 15 is 0 Å². The van der Waals surface area contributed by atoms with E-state index in [1.807, 2.05) is 12.1 Å². The number of hydrogen-bond donors (Lipinski definition) is 1. The SMILES string of the molecule is CN(C)CC1CCN(Cc2ccc(C(N)=S)cc2)CC1. The molecule has 1 aliphatic rings. The molecule has 0 unspecified atom stereocenters. The van der Waals surface area contributed by atoms with E-state index in [1.165, 1.54) is 38.0 Å². The molecule has 1 aliphatic heterocycles. The van der Waals surface area contributed by atoms with E-state index in [0.29, 0.717) is 4.99 Å². The Morgan fingerprint density at radius 3 is 2.35 bits per heavy atom. The first-order chi connectivity index (χ1) is 9.54. The highest BCUT2D eigenvalue weighted by atomic mass is 32.1. The molecule has 110 valence electrons. The van der Waals surface area contributed by atoms with Crippen LogP contribution in [0.15, 0.2) is 24.3 Å². The molecule has 1 heterocycles. The first-order valence-corrected chi connectivity index (χ1v) is 7.71. The van der Waals surface area contributed by atoms with Gasteiger partial charge in [-0.25, -0.2) is 0 Å². The summed E-state index contributed by atoms with van der Waals surface area (Å²) in [5.74, 6) is 0.859. The maximum Gasteiger partial charge on any atom is 0.103 e. The minimum Gasteiger partial charge on any atom is -0.389 e. The highest BCUT2D eigenvalue weighted by Gasteiger charge is 2.19. The van der Waals surface area contributed by atoms with Crippen molar-refractivity contribution in [3.05, 3.63) is 35.4 Å². The average molecular weight is 291 g/mol. The van der Waals surface area contributed by atoms with Gasteiger partial charge in [-0.05, 0) is 51.5 Å². The number of nitrogens with two attached hydrogens (primary N) is 1. The fraction of sp³-hybridized carbons (Fsp3) is 0.562. The van der Waals surface area contributed by atoms with Gasteiger partial charge in [0.15, 0.2) is 0 Å². The van der Waals surface area contributed by atoms with Crippen LogP contribution in [0.5, 0.6) is 0 Å². The van der Waals surface area contributed by atoms with E-state index in [2.05, 4.69) is 36.0 Å². The number of nitrogens with zero attached hydrogens (tertiary/aromatic N) is 2. The van der Waals surface area contributed by atoms with Crippen molar-refractivity contribution in [2.75, 3.05) is 33.7 Å². The van der Waals surface area contributed by atoms with Gasteiger partial charge >= 0.3 is 0 Å². The molecule has 0 saturated carbocycles. The molecule has 0 aliphatic carbocycles. The molecule has 0 radical (unpaired) electrons. The van der Waals surface area contributed by atoms with E-state index < -0.39 is 0 Å². The zero-order valence-corrected chi connectivity index (χ0v) is 13.3. The van der Waals surface area contributed by atoms with Gasteiger partial charge in [0, 0.05) is 18.7 Å². The number of hydrogen-bond acceptors (Lipinski definition) is 3. The van der Waals surface area contributed by atoms with Crippen LogP contribution in [0, 0.1) is 5.92 Å². The van der Waals surface area contributed by atoms with Crippen molar-refractivity contribution in [2.45, 2.75) is 19.4 Å². The summed E-state index contributed by atoms with van der Waals surface area (Å²) in [5.41, 5.74) is 7.92. The van der Waals surface area contributed by atoms with Crippen LogP contribution in [0.25, 0.3) is 0 Å². The van der Waals surface area contributed by atoms with Crippen molar-refractivity contribution < 1.29 is 0 Å². The zero-order chi connectivity index (χ0) is 14.5. The number of piperidine rings is 1. The monoisotopic (exact) mass is 291 g/mol. The molecule has 1 fully saturated rings. The summed E-state index contributed by atoms with van der Waals surface area (Å²) in [5, 5.41) is 0. The standard InChI is InChI=1S/C16H25N3S/c1-18(2)11-14-7-9-19(10-8-14)12-13-3-5-15(6-4-13)16(17)20/h3-6,14H,7-12H2,1-2H3,(H2,17,20).